The highest BCUT2D eigenvalue weighted by Gasteiger charge is 2.34. The molecule has 0 spiro atoms. The van der Waals surface area contributed by atoms with Crippen LogP contribution in [0.25, 0.3) is 22.4 Å². The molecule has 3 aromatic rings. The number of ether oxygens (including phenoxy) is 1. The molecular formula is C26H29N3O3. The van der Waals surface area contributed by atoms with Gasteiger partial charge in [-0.3, -0.25) is 4.79 Å². The third kappa shape index (κ3) is 3.85. The monoisotopic (exact) mass is 431 g/mol. The van der Waals surface area contributed by atoms with Gasteiger partial charge in [0.2, 0.25) is 0 Å². The minimum Gasteiger partial charge on any atom is -0.462 e. The number of rotatable bonds is 4. The number of hydrogen-bond donors (Lipinski definition) is 0. The van der Waals surface area contributed by atoms with E-state index < -0.39 is 5.97 Å². The van der Waals surface area contributed by atoms with Crippen LogP contribution in [-0.4, -0.2) is 27.1 Å². The number of carbonyl (C=O) groups is 1. The highest BCUT2D eigenvalue weighted by atomic mass is 16.5. The molecule has 1 aliphatic rings. The van der Waals surface area contributed by atoms with Crippen molar-refractivity contribution in [3.05, 3.63) is 70.0 Å². The molecule has 32 heavy (non-hydrogen) atoms. The predicted octanol–water partition coefficient (Wildman–Crippen LogP) is 4.85. The Morgan fingerprint density at radius 2 is 1.84 bits per heavy atom. The van der Waals surface area contributed by atoms with Gasteiger partial charge in [-0.05, 0) is 47.9 Å². The maximum atomic E-state index is 12.9. The summed E-state index contributed by atoms with van der Waals surface area (Å²) in [4.78, 5) is 33.7. The van der Waals surface area contributed by atoms with Crippen molar-refractivity contribution in [1.29, 1.82) is 0 Å². The lowest BCUT2D eigenvalue weighted by Crippen LogP contribution is -2.33. The first kappa shape index (κ1) is 21.9. The highest BCUT2D eigenvalue weighted by molar-refractivity contribution is 5.89. The molecule has 166 valence electrons. The second kappa shape index (κ2) is 8.34. The Morgan fingerprint density at radius 1 is 1.12 bits per heavy atom. The Bertz CT molecular complexity index is 1220. The van der Waals surface area contributed by atoms with Crippen LogP contribution < -0.4 is 5.43 Å². The summed E-state index contributed by atoms with van der Waals surface area (Å²) >= 11 is 0. The average Bonchev–Trinajstić information content (AvgIpc) is 2.77. The number of pyridine rings is 1. The van der Waals surface area contributed by atoms with Gasteiger partial charge in [0, 0.05) is 41.8 Å². The van der Waals surface area contributed by atoms with Crippen LogP contribution in [0, 0.1) is 5.41 Å². The Labute approximate surface area is 188 Å². The third-order valence-electron chi connectivity index (χ3n) is 6.18. The van der Waals surface area contributed by atoms with Gasteiger partial charge < -0.3 is 9.30 Å². The number of nitrogens with zero attached hydrogens (tertiary/aromatic N) is 3. The van der Waals surface area contributed by atoms with Crippen molar-refractivity contribution in [2.75, 3.05) is 6.61 Å². The Kier molecular flexibility index (Phi) is 5.71. The van der Waals surface area contributed by atoms with E-state index in [1.165, 1.54) is 17.5 Å². The van der Waals surface area contributed by atoms with Crippen LogP contribution in [0.2, 0.25) is 0 Å². The van der Waals surface area contributed by atoms with E-state index in [4.69, 9.17) is 4.74 Å². The van der Waals surface area contributed by atoms with Crippen LogP contribution in [0.1, 0.15) is 62.1 Å². The number of hydrogen-bond acceptors (Lipinski definition) is 5. The standard InChI is InChI=1S/C26H29N3O3/c1-6-16-8-20-17(9-19(16)18-12-27-15-28-13-18)10-24(26(3,4)5)29-14-21(25(31)32-7-2)23(30)11-22(20)29/h8-9,11-15,24H,6-7,10H2,1-5H3. The summed E-state index contributed by atoms with van der Waals surface area (Å²) < 4.78 is 7.23. The molecule has 0 fully saturated rings. The molecule has 3 heterocycles. The van der Waals surface area contributed by atoms with Crippen LogP contribution in [-0.2, 0) is 17.6 Å². The molecule has 6 nitrogen and oxygen atoms in total. The van der Waals surface area contributed by atoms with Gasteiger partial charge in [0.25, 0.3) is 0 Å². The molecule has 0 radical (unpaired) electrons. The van der Waals surface area contributed by atoms with Gasteiger partial charge >= 0.3 is 5.97 Å². The van der Waals surface area contributed by atoms with Crippen LogP contribution in [0.5, 0.6) is 0 Å². The number of esters is 1. The maximum Gasteiger partial charge on any atom is 0.343 e. The van der Waals surface area contributed by atoms with E-state index in [-0.39, 0.29) is 29.1 Å². The molecule has 2 aromatic heterocycles. The van der Waals surface area contributed by atoms with Gasteiger partial charge in [-0.2, -0.15) is 0 Å². The summed E-state index contributed by atoms with van der Waals surface area (Å²) in [5.74, 6) is -0.570. The van der Waals surface area contributed by atoms with Crippen molar-refractivity contribution in [1.82, 2.24) is 14.5 Å². The largest absolute Gasteiger partial charge is 0.462 e. The molecule has 0 N–H and O–H groups in total. The quantitative estimate of drug-likeness (QED) is 0.552. The minimum atomic E-state index is -0.570. The number of aryl methyl sites for hydroxylation is 1. The number of carbonyl (C=O) groups excluding carboxylic acids is 1. The van der Waals surface area contributed by atoms with E-state index in [0.29, 0.717) is 0 Å². The molecule has 6 heteroatoms. The zero-order chi connectivity index (χ0) is 23.0. The molecular weight excluding hydrogens is 402 g/mol. The Morgan fingerprint density at radius 3 is 2.47 bits per heavy atom. The second-order valence-corrected chi connectivity index (χ2v) is 9.30. The van der Waals surface area contributed by atoms with Crippen molar-refractivity contribution < 1.29 is 9.53 Å². The van der Waals surface area contributed by atoms with Crippen molar-refractivity contribution in [3.63, 3.8) is 0 Å². The molecule has 1 aromatic carbocycles. The predicted molar refractivity (Wildman–Crippen MR) is 125 cm³/mol. The lowest BCUT2D eigenvalue weighted by atomic mass is 9.77. The maximum absolute atomic E-state index is 12.9. The van der Waals surface area contributed by atoms with E-state index in [2.05, 4.69) is 54.4 Å². The molecule has 1 aliphatic heterocycles. The summed E-state index contributed by atoms with van der Waals surface area (Å²) in [7, 11) is 0. The summed E-state index contributed by atoms with van der Waals surface area (Å²) in [6.45, 7) is 10.6. The third-order valence-corrected chi connectivity index (χ3v) is 6.18. The first-order valence-corrected chi connectivity index (χ1v) is 11.1. The first-order valence-electron chi connectivity index (χ1n) is 11.1. The minimum absolute atomic E-state index is 0.0751. The first-order chi connectivity index (χ1) is 15.2. The lowest BCUT2D eigenvalue weighted by molar-refractivity contribution is 0.0523. The number of aromatic nitrogens is 3. The molecule has 0 saturated carbocycles. The second-order valence-electron chi connectivity index (χ2n) is 9.30. The van der Waals surface area contributed by atoms with Crippen LogP contribution >= 0.6 is 0 Å². The fraction of sp³-hybridized carbons (Fsp3) is 0.385. The van der Waals surface area contributed by atoms with E-state index in [0.717, 1.165) is 35.2 Å². The van der Waals surface area contributed by atoms with Gasteiger partial charge in [0.05, 0.1) is 12.3 Å². The zero-order valence-corrected chi connectivity index (χ0v) is 19.3. The summed E-state index contributed by atoms with van der Waals surface area (Å²) in [5, 5.41) is 0. The van der Waals surface area contributed by atoms with Gasteiger partial charge in [0.1, 0.15) is 11.9 Å². The van der Waals surface area contributed by atoms with Gasteiger partial charge in [-0.25, -0.2) is 14.8 Å². The molecule has 0 amide bonds. The van der Waals surface area contributed by atoms with Gasteiger partial charge in [0.15, 0.2) is 5.43 Å². The Hall–Kier alpha value is -3.28. The van der Waals surface area contributed by atoms with Crippen LogP contribution in [0.15, 0.2) is 47.9 Å². The molecule has 0 saturated heterocycles. The SMILES string of the molecule is CCOC(=O)c1cn2c(cc1=O)-c1cc(CC)c(-c3cncnc3)cc1CC2C(C)(C)C. The molecule has 1 atom stereocenters. The normalized spacial score (nSPS) is 15.1. The topological polar surface area (TPSA) is 74.1 Å². The molecule has 1 unspecified atom stereocenters. The smallest absolute Gasteiger partial charge is 0.343 e. The van der Waals surface area contributed by atoms with Crippen molar-refractivity contribution in [2.24, 2.45) is 5.41 Å². The molecule has 0 aliphatic carbocycles. The summed E-state index contributed by atoms with van der Waals surface area (Å²) in [6, 6.07) is 6.06. The lowest BCUT2D eigenvalue weighted by Gasteiger charge is -2.39. The fourth-order valence-electron chi connectivity index (χ4n) is 4.51. The van der Waals surface area contributed by atoms with Crippen LogP contribution in [0.4, 0.5) is 0 Å². The fourth-order valence-corrected chi connectivity index (χ4v) is 4.51. The summed E-state index contributed by atoms with van der Waals surface area (Å²) in [6.07, 6.45) is 8.53. The van der Waals surface area contributed by atoms with Crippen molar-refractivity contribution in [2.45, 2.75) is 53.5 Å². The van der Waals surface area contributed by atoms with Crippen LogP contribution in [0.3, 0.4) is 0 Å². The molecule has 0 bridgehead atoms. The van der Waals surface area contributed by atoms with Crippen molar-refractivity contribution in [3.8, 4) is 22.4 Å². The van der Waals surface area contributed by atoms with Gasteiger partial charge in [-0.15, -0.1) is 0 Å². The zero-order valence-electron chi connectivity index (χ0n) is 19.3. The van der Waals surface area contributed by atoms with E-state index in [1.54, 1.807) is 19.2 Å². The van der Waals surface area contributed by atoms with E-state index in [1.807, 2.05) is 12.4 Å². The van der Waals surface area contributed by atoms with Crippen molar-refractivity contribution >= 4 is 5.97 Å². The van der Waals surface area contributed by atoms with Gasteiger partial charge in [-0.1, -0.05) is 33.8 Å². The number of fused-ring (bicyclic) bond motifs is 3. The van der Waals surface area contributed by atoms with E-state index in [9.17, 15) is 9.59 Å². The summed E-state index contributed by atoms with van der Waals surface area (Å²) in [5.41, 5.74) is 6.03. The average molecular weight is 432 g/mol. The Balaban J connectivity index is 1.96. The van der Waals surface area contributed by atoms with E-state index >= 15 is 0 Å². The molecule has 4 rings (SSSR count). The number of benzene rings is 1. The highest BCUT2D eigenvalue weighted by Crippen LogP contribution is 2.44.